The zero-order valence-corrected chi connectivity index (χ0v) is 19.6. The summed E-state index contributed by atoms with van der Waals surface area (Å²) in [5, 5.41) is 6.87. The Hall–Kier alpha value is -1.92. The second kappa shape index (κ2) is 11.1. The van der Waals surface area contributed by atoms with Crippen LogP contribution in [0.2, 0.25) is 0 Å². The van der Waals surface area contributed by atoms with Gasteiger partial charge in [0.1, 0.15) is 0 Å². The Labute approximate surface area is 190 Å². The van der Waals surface area contributed by atoms with Gasteiger partial charge < -0.3 is 15.5 Å². The van der Waals surface area contributed by atoms with E-state index in [2.05, 4.69) is 45.6 Å². The lowest BCUT2D eigenvalue weighted by molar-refractivity contribution is -0.117. The molecule has 1 aliphatic heterocycles. The Kier molecular flexibility index (Phi) is 7.97. The molecule has 1 aromatic carbocycles. The highest BCUT2D eigenvalue weighted by Gasteiger charge is 2.20. The molecule has 2 aromatic rings. The highest BCUT2D eigenvalue weighted by Crippen LogP contribution is 2.28. The lowest BCUT2D eigenvalue weighted by Crippen LogP contribution is -2.42. The summed E-state index contributed by atoms with van der Waals surface area (Å²) in [5.74, 6) is 0.751. The molecule has 168 valence electrons. The van der Waals surface area contributed by atoms with Crippen molar-refractivity contribution in [2.24, 2.45) is 5.92 Å². The van der Waals surface area contributed by atoms with Gasteiger partial charge in [-0.3, -0.25) is 4.79 Å². The maximum Gasteiger partial charge on any atom is 0.224 e. The van der Waals surface area contributed by atoms with E-state index in [0.717, 1.165) is 44.6 Å². The van der Waals surface area contributed by atoms with Crippen molar-refractivity contribution < 1.29 is 4.79 Å². The van der Waals surface area contributed by atoms with E-state index in [9.17, 15) is 4.79 Å². The van der Waals surface area contributed by atoms with Crippen LogP contribution in [0.1, 0.15) is 61.9 Å². The van der Waals surface area contributed by atoms with Crippen molar-refractivity contribution in [2.75, 3.05) is 29.9 Å². The fourth-order valence-electron chi connectivity index (χ4n) is 4.93. The standard InChI is InChI=1S/C25H36N4OS/c1-19-24(31-18-27-19)10-5-13-26-21-11-14-29(15-12-21)23-9-4-8-22(17-23)28-25(30)16-20-6-2-3-7-20/h4,8-9,17-18,20-21,26H,2-3,5-7,10-16H2,1H3,(H,28,30). The number of hydrogen-bond acceptors (Lipinski definition) is 5. The second-order valence-corrected chi connectivity index (χ2v) is 10.1. The number of hydrogen-bond donors (Lipinski definition) is 2. The molecule has 0 atom stereocenters. The largest absolute Gasteiger partial charge is 0.371 e. The second-order valence-electron chi connectivity index (χ2n) is 9.13. The van der Waals surface area contributed by atoms with Crippen LogP contribution in [-0.4, -0.2) is 36.6 Å². The lowest BCUT2D eigenvalue weighted by Gasteiger charge is -2.34. The summed E-state index contributed by atoms with van der Waals surface area (Å²) in [6, 6.07) is 8.98. The molecule has 6 heteroatoms. The van der Waals surface area contributed by atoms with Crippen molar-refractivity contribution >= 4 is 28.6 Å². The number of rotatable bonds is 9. The van der Waals surface area contributed by atoms with Crippen molar-refractivity contribution in [2.45, 2.75) is 70.8 Å². The molecule has 4 rings (SSSR count). The van der Waals surface area contributed by atoms with E-state index in [1.165, 1.54) is 48.4 Å². The Bertz CT molecular complexity index is 838. The van der Waals surface area contributed by atoms with Crippen molar-refractivity contribution in [3.63, 3.8) is 0 Å². The molecule has 0 unspecified atom stereocenters. The molecule has 2 fully saturated rings. The first-order valence-electron chi connectivity index (χ1n) is 11.9. The average molecular weight is 441 g/mol. The number of amides is 1. The minimum atomic E-state index is 0.167. The van der Waals surface area contributed by atoms with E-state index in [1.807, 2.05) is 11.6 Å². The number of thiazole rings is 1. The van der Waals surface area contributed by atoms with Gasteiger partial charge in [-0.1, -0.05) is 18.9 Å². The molecule has 2 N–H and O–H groups in total. The number of nitrogens with one attached hydrogen (secondary N) is 2. The summed E-state index contributed by atoms with van der Waals surface area (Å²) in [6.45, 7) is 5.30. The lowest BCUT2D eigenvalue weighted by atomic mass is 10.0. The molecule has 2 heterocycles. The van der Waals surface area contributed by atoms with Crippen molar-refractivity contribution in [1.29, 1.82) is 0 Å². The molecule has 1 saturated carbocycles. The first-order chi connectivity index (χ1) is 15.2. The molecule has 0 bridgehead atoms. The molecular weight excluding hydrogens is 404 g/mol. The topological polar surface area (TPSA) is 57.3 Å². The van der Waals surface area contributed by atoms with E-state index in [0.29, 0.717) is 18.4 Å². The van der Waals surface area contributed by atoms with Gasteiger partial charge in [0.25, 0.3) is 0 Å². The summed E-state index contributed by atoms with van der Waals surface area (Å²) >= 11 is 1.77. The number of nitrogens with zero attached hydrogens (tertiary/aromatic N) is 2. The number of carbonyl (C=O) groups is 1. The van der Waals surface area contributed by atoms with Crippen LogP contribution in [0.25, 0.3) is 0 Å². The van der Waals surface area contributed by atoms with E-state index in [-0.39, 0.29) is 5.91 Å². The third-order valence-electron chi connectivity index (χ3n) is 6.80. The van der Waals surface area contributed by atoms with Crippen LogP contribution >= 0.6 is 11.3 Å². The minimum absolute atomic E-state index is 0.167. The molecular formula is C25H36N4OS. The summed E-state index contributed by atoms with van der Waals surface area (Å²) < 4.78 is 0. The van der Waals surface area contributed by atoms with Gasteiger partial charge in [0.2, 0.25) is 5.91 Å². The highest BCUT2D eigenvalue weighted by molar-refractivity contribution is 7.09. The quantitative estimate of drug-likeness (QED) is 0.529. The predicted molar refractivity (Wildman–Crippen MR) is 130 cm³/mol. The van der Waals surface area contributed by atoms with Crippen LogP contribution in [0.4, 0.5) is 11.4 Å². The molecule has 1 aliphatic carbocycles. The van der Waals surface area contributed by atoms with Crippen LogP contribution < -0.4 is 15.5 Å². The van der Waals surface area contributed by atoms with E-state index < -0.39 is 0 Å². The molecule has 1 saturated heterocycles. The van der Waals surface area contributed by atoms with Gasteiger partial charge in [-0.2, -0.15) is 0 Å². The Morgan fingerprint density at radius 2 is 2.00 bits per heavy atom. The number of piperidine rings is 1. The Balaban J connectivity index is 1.18. The van der Waals surface area contributed by atoms with Crippen LogP contribution in [0.15, 0.2) is 29.8 Å². The van der Waals surface area contributed by atoms with E-state index >= 15 is 0 Å². The molecule has 1 amide bonds. The van der Waals surface area contributed by atoms with Gasteiger partial charge in [0.05, 0.1) is 11.2 Å². The molecule has 1 aromatic heterocycles. The van der Waals surface area contributed by atoms with Gasteiger partial charge in [0, 0.05) is 41.8 Å². The zero-order chi connectivity index (χ0) is 21.5. The number of aryl methyl sites for hydroxylation is 2. The third-order valence-corrected chi connectivity index (χ3v) is 7.79. The van der Waals surface area contributed by atoms with Gasteiger partial charge in [0.15, 0.2) is 0 Å². The summed E-state index contributed by atoms with van der Waals surface area (Å²) in [6.07, 6.45) is 10.3. The summed E-state index contributed by atoms with van der Waals surface area (Å²) in [5.41, 5.74) is 5.29. The predicted octanol–water partition coefficient (Wildman–Crippen LogP) is 5.16. The van der Waals surface area contributed by atoms with Crippen LogP contribution in [0, 0.1) is 12.8 Å². The fraction of sp³-hybridized carbons (Fsp3) is 0.600. The SMILES string of the molecule is Cc1ncsc1CCCNC1CCN(c2cccc(NC(=O)CC3CCCC3)c2)CC1. The third kappa shape index (κ3) is 6.53. The van der Waals surface area contributed by atoms with E-state index in [4.69, 9.17) is 0 Å². The van der Waals surface area contributed by atoms with Crippen molar-refractivity contribution in [3.8, 4) is 0 Å². The van der Waals surface area contributed by atoms with Gasteiger partial charge in [-0.25, -0.2) is 4.98 Å². The van der Waals surface area contributed by atoms with Crippen LogP contribution in [-0.2, 0) is 11.2 Å². The minimum Gasteiger partial charge on any atom is -0.371 e. The summed E-state index contributed by atoms with van der Waals surface area (Å²) in [7, 11) is 0. The van der Waals surface area contributed by atoms with Gasteiger partial charge in [-0.15, -0.1) is 11.3 Å². The Morgan fingerprint density at radius 3 is 2.74 bits per heavy atom. The first kappa shape index (κ1) is 22.3. The Morgan fingerprint density at radius 1 is 1.19 bits per heavy atom. The number of anilines is 2. The van der Waals surface area contributed by atoms with Crippen LogP contribution in [0.5, 0.6) is 0 Å². The number of carbonyl (C=O) groups excluding carboxylic acids is 1. The summed E-state index contributed by atoms with van der Waals surface area (Å²) in [4.78, 5) is 20.6. The van der Waals surface area contributed by atoms with Crippen molar-refractivity contribution in [1.82, 2.24) is 10.3 Å². The van der Waals surface area contributed by atoms with Crippen LogP contribution in [0.3, 0.4) is 0 Å². The smallest absolute Gasteiger partial charge is 0.224 e. The van der Waals surface area contributed by atoms with Crippen molar-refractivity contribution in [3.05, 3.63) is 40.3 Å². The molecule has 0 spiro atoms. The first-order valence-corrected chi connectivity index (χ1v) is 12.8. The molecule has 0 radical (unpaired) electrons. The molecule has 2 aliphatic rings. The normalized spacial score (nSPS) is 17.9. The average Bonchev–Trinajstić information content (AvgIpc) is 3.43. The van der Waals surface area contributed by atoms with Gasteiger partial charge in [-0.05, 0) is 76.1 Å². The van der Waals surface area contributed by atoms with Gasteiger partial charge >= 0.3 is 0 Å². The maximum absolute atomic E-state index is 12.4. The number of aromatic nitrogens is 1. The maximum atomic E-state index is 12.4. The van der Waals surface area contributed by atoms with E-state index in [1.54, 1.807) is 11.3 Å². The fourth-order valence-corrected chi connectivity index (χ4v) is 5.76. The number of benzene rings is 1. The monoisotopic (exact) mass is 440 g/mol. The zero-order valence-electron chi connectivity index (χ0n) is 18.7. The molecule has 5 nitrogen and oxygen atoms in total. The molecule has 31 heavy (non-hydrogen) atoms. The highest BCUT2D eigenvalue weighted by atomic mass is 32.1.